The lowest BCUT2D eigenvalue weighted by atomic mass is 10.2. The number of hydrogen-bond donors (Lipinski definition) is 2. The van der Waals surface area contributed by atoms with E-state index in [0.717, 1.165) is 11.5 Å². The van der Waals surface area contributed by atoms with Crippen LogP contribution < -0.4 is 11.1 Å². The summed E-state index contributed by atoms with van der Waals surface area (Å²) in [5.74, 6) is 2.18. The Morgan fingerprint density at radius 1 is 1.62 bits per heavy atom. The molecule has 0 aromatic carbocycles. The zero-order valence-corrected chi connectivity index (χ0v) is 8.16. The molecule has 4 nitrogen and oxygen atoms in total. The molecule has 1 aromatic heterocycles. The molecule has 72 valence electrons. The normalized spacial score (nSPS) is 14.2. The van der Waals surface area contributed by atoms with Crippen molar-refractivity contribution < 1.29 is 4.42 Å². The number of nitrogens with two attached hydrogens (primary N) is 1. The summed E-state index contributed by atoms with van der Waals surface area (Å²) in [5.41, 5.74) is 5.52. The Kier molecular flexibility index (Phi) is 2.95. The zero-order chi connectivity index (χ0) is 9.84. The Balaban J connectivity index is 2.63. The Hall–Kier alpha value is -1.45. The van der Waals surface area contributed by atoms with Crippen molar-refractivity contribution in [2.45, 2.75) is 19.9 Å². The summed E-state index contributed by atoms with van der Waals surface area (Å²) in [6.07, 6.45) is 0. The SMILES string of the molecule is CN=C(N)NC(C)c1ccc(C)o1. The first-order chi connectivity index (χ1) is 6.13. The van der Waals surface area contributed by atoms with Crippen LogP contribution >= 0.6 is 0 Å². The number of furan rings is 1. The number of aliphatic imine (C=N–C) groups is 1. The van der Waals surface area contributed by atoms with E-state index in [1.54, 1.807) is 7.05 Å². The molecule has 0 aliphatic heterocycles. The molecule has 0 aliphatic rings. The summed E-state index contributed by atoms with van der Waals surface area (Å²) >= 11 is 0. The van der Waals surface area contributed by atoms with Gasteiger partial charge >= 0.3 is 0 Å². The summed E-state index contributed by atoms with van der Waals surface area (Å²) in [6, 6.07) is 3.90. The Labute approximate surface area is 77.8 Å². The van der Waals surface area contributed by atoms with E-state index in [-0.39, 0.29) is 6.04 Å². The Morgan fingerprint density at radius 3 is 2.77 bits per heavy atom. The molecule has 0 spiro atoms. The molecule has 0 aliphatic carbocycles. The molecule has 0 radical (unpaired) electrons. The minimum atomic E-state index is 0.0531. The maximum atomic E-state index is 5.52. The van der Waals surface area contributed by atoms with E-state index in [0.29, 0.717) is 5.96 Å². The lowest BCUT2D eigenvalue weighted by Gasteiger charge is -2.10. The Morgan fingerprint density at radius 2 is 2.31 bits per heavy atom. The van der Waals surface area contributed by atoms with Crippen LogP contribution in [0.4, 0.5) is 0 Å². The van der Waals surface area contributed by atoms with Crippen molar-refractivity contribution in [3.63, 3.8) is 0 Å². The third-order valence-corrected chi connectivity index (χ3v) is 1.79. The summed E-state index contributed by atoms with van der Waals surface area (Å²) in [7, 11) is 1.64. The van der Waals surface area contributed by atoms with Crippen molar-refractivity contribution >= 4 is 5.96 Å². The van der Waals surface area contributed by atoms with Gasteiger partial charge in [-0.05, 0) is 26.0 Å². The summed E-state index contributed by atoms with van der Waals surface area (Å²) < 4.78 is 5.42. The van der Waals surface area contributed by atoms with Gasteiger partial charge in [-0.2, -0.15) is 0 Å². The topological polar surface area (TPSA) is 63.5 Å². The highest BCUT2D eigenvalue weighted by Gasteiger charge is 2.08. The van der Waals surface area contributed by atoms with E-state index in [1.807, 2.05) is 26.0 Å². The smallest absolute Gasteiger partial charge is 0.188 e. The average molecular weight is 181 g/mol. The van der Waals surface area contributed by atoms with E-state index in [9.17, 15) is 0 Å². The average Bonchev–Trinajstić information content (AvgIpc) is 2.51. The zero-order valence-electron chi connectivity index (χ0n) is 8.16. The highest BCUT2D eigenvalue weighted by atomic mass is 16.3. The molecule has 0 saturated heterocycles. The molecule has 0 saturated carbocycles. The number of hydrogen-bond acceptors (Lipinski definition) is 2. The second-order valence-electron chi connectivity index (χ2n) is 2.92. The third kappa shape index (κ3) is 2.50. The quantitative estimate of drug-likeness (QED) is 0.532. The fourth-order valence-corrected chi connectivity index (χ4v) is 1.04. The second-order valence-corrected chi connectivity index (χ2v) is 2.92. The predicted octanol–water partition coefficient (Wildman–Crippen LogP) is 1.18. The Bertz CT molecular complexity index is 304. The van der Waals surface area contributed by atoms with Gasteiger partial charge in [0, 0.05) is 7.05 Å². The van der Waals surface area contributed by atoms with Crippen molar-refractivity contribution in [2.75, 3.05) is 7.05 Å². The molecule has 1 atom stereocenters. The van der Waals surface area contributed by atoms with Crippen LogP contribution in [0.25, 0.3) is 0 Å². The van der Waals surface area contributed by atoms with Crippen molar-refractivity contribution in [3.05, 3.63) is 23.7 Å². The highest BCUT2D eigenvalue weighted by Crippen LogP contribution is 2.14. The monoisotopic (exact) mass is 181 g/mol. The fourth-order valence-electron chi connectivity index (χ4n) is 1.04. The van der Waals surface area contributed by atoms with Gasteiger partial charge in [0.1, 0.15) is 11.5 Å². The lowest BCUT2D eigenvalue weighted by Crippen LogP contribution is -2.33. The first-order valence-electron chi connectivity index (χ1n) is 4.18. The fraction of sp³-hybridized carbons (Fsp3) is 0.444. The van der Waals surface area contributed by atoms with Crippen LogP contribution in [0.3, 0.4) is 0 Å². The van der Waals surface area contributed by atoms with Crippen molar-refractivity contribution in [1.29, 1.82) is 0 Å². The molecule has 1 unspecified atom stereocenters. The van der Waals surface area contributed by atoms with Crippen LogP contribution in [0.1, 0.15) is 24.5 Å². The first kappa shape index (κ1) is 9.64. The van der Waals surface area contributed by atoms with E-state index in [2.05, 4.69) is 10.3 Å². The summed E-state index contributed by atoms with van der Waals surface area (Å²) in [6.45, 7) is 3.88. The second kappa shape index (κ2) is 3.98. The van der Waals surface area contributed by atoms with E-state index >= 15 is 0 Å². The summed E-state index contributed by atoms with van der Waals surface area (Å²) in [4.78, 5) is 3.80. The van der Waals surface area contributed by atoms with Crippen LogP contribution in [-0.2, 0) is 0 Å². The van der Waals surface area contributed by atoms with E-state index < -0.39 is 0 Å². The highest BCUT2D eigenvalue weighted by molar-refractivity contribution is 5.77. The molecule has 1 rings (SSSR count). The molecule has 13 heavy (non-hydrogen) atoms. The van der Waals surface area contributed by atoms with Gasteiger partial charge in [0.05, 0.1) is 6.04 Å². The standard InChI is InChI=1S/C9H15N3O/c1-6-4-5-8(13-6)7(2)12-9(10)11-3/h4-5,7H,1-3H3,(H3,10,11,12). The molecule has 0 amide bonds. The van der Waals surface area contributed by atoms with Crippen molar-refractivity contribution in [3.8, 4) is 0 Å². The molecule has 1 heterocycles. The van der Waals surface area contributed by atoms with Crippen molar-refractivity contribution in [2.24, 2.45) is 10.7 Å². The number of rotatable bonds is 2. The molecule has 0 fully saturated rings. The predicted molar refractivity (Wildman–Crippen MR) is 52.5 cm³/mol. The minimum Gasteiger partial charge on any atom is -0.464 e. The maximum absolute atomic E-state index is 5.52. The minimum absolute atomic E-state index is 0.0531. The third-order valence-electron chi connectivity index (χ3n) is 1.79. The lowest BCUT2D eigenvalue weighted by molar-refractivity contribution is 0.443. The van der Waals surface area contributed by atoms with Crippen LogP contribution in [-0.4, -0.2) is 13.0 Å². The van der Waals surface area contributed by atoms with E-state index in [1.165, 1.54) is 0 Å². The van der Waals surface area contributed by atoms with Crippen LogP contribution in [0, 0.1) is 6.92 Å². The van der Waals surface area contributed by atoms with Crippen LogP contribution in [0.5, 0.6) is 0 Å². The van der Waals surface area contributed by atoms with Crippen LogP contribution in [0.2, 0.25) is 0 Å². The molecular weight excluding hydrogens is 166 g/mol. The molecule has 0 bridgehead atoms. The van der Waals surface area contributed by atoms with Crippen molar-refractivity contribution in [1.82, 2.24) is 5.32 Å². The van der Waals surface area contributed by atoms with Gasteiger partial charge in [0.25, 0.3) is 0 Å². The number of guanidine groups is 1. The van der Waals surface area contributed by atoms with Gasteiger partial charge in [-0.3, -0.25) is 4.99 Å². The number of nitrogens with zero attached hydrogens (tertiary/aromatic N) is 1. The largest absolute Gasteiger partial charge is 0.464 e. The molecule has 4 heteroatoms. The number of nitrogens with one attached hydrogen (secondary N) is 1. The molecular formula is C9H15N3O. The molecule has 3 N–H and O–H groups in total. The summed E-state index contributed by atoms with van der Waals surface area (Å²) in [5, 5.41) is 2.99. The van der Waals surface area contributed by atoms with Gasteiger partial charge in [-0.15, -0.1) is 0 Å². The van der Waals surface area contributed by atoms with E-state index in [4.69, 9.17) is 10.2 Å². The van der Waals surface area contributed by atoms with Gasteiger partial charge in [0.15, 0.2) is 5.96 Å². The van der Waals surface area contributed by atoms with Crippen LogP contribution in [0.15, 0.2) is 21.5 Å². The number of aryl methyl sites for hydroxylation is 1. The maximum Gasteiger partial charge on any atom is 0.188 e. The molecule has 1 aromatic rings. The van der Waals surface area contributed by atoms with Gasteiger partial charge < -0.3 is 15.5 Å². The van der Waals surface area contributed by atoms with Gasteiger partial charge in [0.2, 0.25) is 0 Å². The van der Waals surface area contributed by atoms with Gasteiger partial charge in [-0.1, -0.05) is 0 Å². The van der Waals surface area contributed by atoms with Gasteiger partial charge in [-0.25, -0.2) is 0 Å². The first-order valence-corrected chi connectivity index (χ1v) is 4.18.